The minimum atomic E-state index is 0.280. The second-order valence-electron chi connectivity index (χ2n) is 7.07. The molecule has 0 radical (unpaired) electrons. The highest BCUT2D eigenvalue weighted by atomic mass is 35.5. The molecule has 4 rings (SSSR count). The lowest BCUT2D eigenvalue weighted by Gasteiger charge is -2.39. The number of aliphatic hydroxyl groups is 1. The first kappa shape index (κ1) is 18.3. The Hall–Kier alpha value is -1.04. The van der Waals surface area contributed by atoms with Gasteiger partial charge in [0.25, 0.3) is 0 Å². The number of fused-ring (bicyclic) bond motifs is 2. The fraction of sp³-hybridized carbons (Fsp3) is 0.429. The van der Waals surface area contributed by atoms with Crippen LogP contribution in [0.2, 0.25) is 5.02 Å². The summed E-state index contributed by atoms with van der Waals surface area (Å²) >= 11 is 8.23. The van der Waals surface area contributed by atoms with Crippen LogP contribution in [0.25, 0.3) is 0 Å². The Balaban J connectivity index is 1.60. The number of nitrogens with zero attached hydrogens (tertiary/aromatic N) is 2. The van der Waals surface area contributed by atoms with E-state index in [9.17, 15) is 0 Å². The lowest BCUT2D eigenvalue weighted by atomic mass is 9.96. The summed E-state index contributed by atoms with van der Waals surface area (Å²) in [5.74, 6) is 0. The molecular weight excluding hydrogens is 364 g/mol. The first-order chi connectivity index (χ1) is 12.7. The summed E-state index contributed by atoms with van der Waals surface area (Å²) in [5.41, 5.74) is 2.79. The van der Waals surface area contributed by atoms with E-state index >= 15 is 0 Å². The molecule has 1 N–H and O–H groups in total. The fourth-order valence-corrected chi connectivity index (χ4v) is 5.30. The van der Waals surface area contributed by atoms with Gasteiger partial charge >= 0.3 is 0 Å². The van der Waals surface area contributed by atoms with Gasteiger partial charge in [-0.3, -0.25) is 4.90 Å². The van der Waals surface area contributed by atoms with E-state index < -0.39 is 0 Å². The number of rotatable bonds is 4. The van der Waals surface area contributed by atoms with Gasteiger partial charge in [0.15, 0.2) is 0 Å². The summed E-state index contributed by atoms with van der Waals surface area (Å²) in [5, 5.41) is 9.88. The number of hydrogen-bond acceptors (Lipinski definition) is 4. The van der Waals surface area contributed by atoms with Crippen LogP contribution in [0.3, 0.4) is 0 Å². The number of halogens is 1. The van der Waals surface area contributed by atoms with Crippen LogP contribution >= 0.6 is 23.4 Å². The lowest BCUT2D eigenvalue weighted by molar-refractivity contribution is 0.0899. The van der Waals surface area contributed by atoms with E-state index in [0.717, 1.165) is 50.6 Å². The predicted octanol–water partition coefficient (Wildman–Crippen LogP) is 4.09. The van der Waals surface area contributed by atoms with Crippen LogP contribution in [-0.2, 0) is 6.42 Å². The van der Waals surface area contributed by atoms with Gasteiger partial charge in [0.2, 0.25) is 0 Å². The highest BCUT2D eigenvalue weighted by Crippen LogP contribution is 2.43. The summed E-state index contributed by atoms with van der Waals surface area (Å²) in [6.45, 7) is 5.55. The second kappa shape index (κ2) is 8.32. The zero-order valence-electron chi connectivity index (χ0n) is 14.9. The molecule has 138 valence electrons. The van der Waals surface area contributed by atoms with Gasteiger partial charge in [0.05, 0.1) is 0 Å². The van der Waals surface area contributed by atoms with Crippen LogP contribution in [0, 0.1) is 0 Å². The van der Waals surface area contributed by atoms with Crippen molar-refractivity contribution in [2.24, 2.45) is 0 Å². The van der Waals surface area contributed by atoms with Crippen molar-refractivity contribution < 1.29 is 5.11 Å². The first-order valence-electron chi connectivity index (χ1n) is 9.37. The van der Waals surface area contributed by atoms with Crippen LogP contribution in [0.4, 0.5) is 0 Å². The molecule has 2 aromatic rings. The van der Waals surface area contributed by atoms with E-state index in [1.54, 1.807) is 0 Å². The molecular formula is C21H25ClN2OS. The van der Waals surface area contributed by atoms with Gasteiger partial charge in [-0.05, 0) is 48.2 Å². The average Bonchev–Trinajstić information content (AvgIpc) is 2.83. The van der Waals surface area contributed by atoms with Crippen molar-refractivity contribution in [3.63, 3.8) is 0 Å². The highest BCUT2D eigenvalue weighted by molar-refractivity contribution is 7.99. The molecule has 0 bridgehead atoms. The Bertz CT molecular complexity index is 761. The molecule has 0 aromatic heterocycles. The van der Waals surface area contributed by atoms with Gasteiger partial charge in [-0.15, -0.1) is 0 Å². The summed E-state index contributed by atoms with van der Waals surface area (Å²) in [6.07, 6.45) is 1.90. The minimum absolute atomic E-state index is 0.280. The number of aliphatic hydroxyl groups excluding tert-OH is 1. The molecule has 3 nitrogen and oxygen atoms in total. The van der Waals surface area contributed by atoms with E-state index in [4.69, 9.17) is 16.7 Å². The van der Waals surface area contributed by atoms with Gasteiger partial charge in [-0.2, -0.15) is 0 Å². The van der Waals surface area contributed by atoms with Crippen molar-refractivity contribution in [2.45, 2.75) is 28.7 Å². The SMILES string of the molecule is OCCCN1CCN(C2Cc3ccccc3Sc3ccc(Cl)cc32)CC1. The molecule has 0 amide bonds. The normalized spacial score (nSPS) is 21.1. The highest BCUT2D eigenvalue weighted by Gasteiger charge is 2.29. The van der Waals surface area contributed by atoms with Crippen LogP contribution in [-0.4, -0.2) is 54.2 Å². The standard InChI is InChI=1S/C21H25ClN2OS/c22-17-6-7-21-18(15-17)19(14-16-4-1-2-5-20(16)26-21)24-11-9-23(10-12-24)8-3-13-25/h1-2,4-7,15,19,25H,3,8-14H2. The van der Waals surface area contributed by atoms with Crippen molar-refractivity contribution in [3.8, 4) is 0 Å². The van der Waals surface area contributed by atoms with E-state index in [1.807, 2.05) is 17.8 Å². The molecule has 26 heavy (non-hydrogen) atoms. The third-order valence-electron chi connectivity index (χ3n) is 5.42. The molecule has 1 atom stereocenters. The summed E-state index contributed by atoms with van der Waals surface area (Å²) in [7, 11) is 0. The monoisotopic (exact) mass is 388 g/mol. The van der Waals surface area contributed by atoms with Gasteiger partial charge in [-0.1, -0.05) is 41.6 Å². The van der Waals surface area contributed by atoms with Gasteiger partial charge < -0.3 is 10.0 Å². The Morgan fingerprint density at radius 1 is 1.04 bits per heavy atom. The number of piperazine rings is 1. The molecule has 0 saturated carbocycles. The molecule has 0 aliphatic carbocycles. The lowest BCUT2D eigenvalue weighted by Crippen LogP contribution is -2.48. The van der Waals surface area contributed by atoms with E-state index in [-0.39, 0.29) is 6.61 Å². The zero-order chi connectivity index (χ0) is 17.9. The largest absolute Gasteiger partial charge is 0.396 e. The maximum atomic E-state index is 9.06. The zero-order valence-corrected chi connectivity index (χ0v) is 16.5. The topological polar surface area (TPSA) is 26.7 Å². The maximum Gasteiger partial charge on any atom is 0.0443 e. The number of hydrogen-bond donors (Lipinski definition) is 1. The Morgan fingerprint density at radius 2 is 1.85 bits per heavy atom. The molecule has 0 spiro atoms. The van der Waals surface area contributed by atoms with Crippen molar-refractivity contribution in [1.29, 1.82) is 0 Å². The van der Waals surface area contributed by atoms with E-state index in [1.165, 1.54) is 20.9 Å². The van der Waals surface area contributed by atoms with Crippen molar-refractivity contribution >= 4 is 23.4 Å². The molecule has 1 saturated heterocycles. The molecule has 2 aliphatic heterocycles. The molecule has 2 heterocycles. The summed E-state index contributed by atoms with van der Waals surface area (Å²) in [6, 6.07) is 15.5. The first-order valence-corrected chi connectivity index (χ1v) is 10.6. The molecule has 2 aromatic carbocycles. The smallest absolute Gasteiger partial charge is 0.0443 e. The van der Waals surface area contributed by atoms with Crippen LogP contribution in [0.5, 0.6) is 0 Å². The average molecular weight is 389 g/mol. The third-order valence-corrected chi connectivity index (χ3v) is 6.86. The van der Waals surface area contributed by atoms with E-state index in [0.29, 0.717) is 6.04 Å². The Kier molecular flexibility index (Phi) is 5.87. The molecule has 1 fully saturated rings. The second-order valence-corrected chi connectivity index (χ2v) is 8.59. The Morgan fingerprint density at radius 3 is 2.65 bits per heavy atom. The maximum absolute atomic E-state index is 9.06. The molecule has 1 unspecified atom stereocenters. The molecule has 2 aliphatic rings. The fourth-order valence-electron chi connectivity index (χ4n) is 4.00. The predicted molar refractivity (Wildman–Crippen MR) is 108 cm³/mol. The van der Waals surface area contributed by atoms with Crippen molar-refractivity contribution in [3.05, 3.63) is 58.6 Å². The van der Waals surface area contributed by atoms with Crippen LogP contribution in [0.1, 0.15) is 23.6 Å². The van der Waals surface area contributed by atoms with Gasteiger partial charge in [0.1, 0.15) is 0 Å². The van der Waals surface area contributed by atoms with E-state index in [2.05, 4.69) is 46.2 Å². The summed E-state index contributed by atoms with van der Waals surface area (Å²) < 4.78 is 0. The van der Waals surface area contributed by atoms with Crippen molar-refractivity contribution in [2.75, 3.05) is 39.3 Å². The Labute approximate surface area is 165 Å². The van der Waals surface area contributed by atoms with Crippen LogP contribution in [0.15, 0.2) is 52.3 Å². The molecule has 5 heteroatoms. The van der Waals surface area contributed by atoms with Crippen LogP contribution < -0.4 is 0 Å². The van der Waals surface area contributed by atoms with Crippen molar-refractivity contribution in [1.82, 2.24) is 9.80 Å². The van der Waals surface area contributed by atoms with Gasteiger partial charge in [0, 0.05) is 60.2 Å². The minimum Gasteiger partial charge on any atom is -0.396 e. The van der Waals surface area contributed by atoms with Gasteiger partial charge in [-0.25, -0.2) is 0 Å². The quantitative estimate of drug-likeness (QED) is 0.853. The third kappa shape index (κ3) is 3.95. The summed E-state index contributed by atoms with van der Waals surface area (Å²) in [4.78, 5) is 7.77. The number of benzene rings is 2.